The van der Waals surface area contributed by atoms with E-state index in [1.165, 1.54) is 0 Å². The van der Waals surface area contributed by atoms with Gasteiger partial charge in [0.25, 0.3) is 5.91 Å². The number of benzene rings is 1. The van der Waals surface area contributed by atoms with Gasteiger partial charge in [0, 0.05) is 30.7 Å². The van der Waals surface area contributed by atoms with Crippen LogP contribution in [-0.4, -0.2) is 42.0 Å². The first-order valence-corrected chi connectivity index (χ1v) is 7.51. The third-order valence-electron chi connectivity index (χ3n) is 4.39. The molecule has 0 aliphatic carbocycles. The Morgan fingerprint density at radius 2 is 2.04 bits per heavy atom. The summed E-state index contributed by atoms with van der Waals surface area (Å²) in [5.74, 6) is 0.103. The molecule has 1 N–H and O–H groups in total. The van der Waals surface area contributed by atoms with Gasteiger partial charge < -0.3 is 10.2 Å². The molecule has 23 heavy (non-hydrogen) atoms. The third kappa shape index (κ3) is 3.94. The number of hydrogen-bond donors (Lipinski definition) is 1. The summed E-state index contributed by atoms with van der Waals surface area (Å²) < 4.78 is 0. The molecule has 1 amide bonds. The number of para-hydroxylation sites is 1. The lowest BCUT2D eigenvalue weighted by atomic mass is 10.0. The highest BCUT2D eigenvalue weighted by Gasteiger charge is 2.25. The van der Waals surface area contributed by atoms with Gasteiger partial charge in [0.15, 0.2) is 0 Å². The van der Waals surface area contributed by atoms with Crippen LogP contribution in [0.3, 0.4) is 0 Å². The van der Waals surface area contributed by atoms with Crippen molar-refractivity contribution in [2.75, 3.05) is 20.1 Å². The van der Waals surface area contributed by atoms with Crippen molar-refractivity contribution in [2.24, 2.45) is 0 Å². The number of amides is 1. The summed E-state index contributed by atoms with van der Waals surface area (Å²) in [6, 6.07) is 8.37. The molecule has 1 aliphatic heterocycles. The van der Waals surface area contributed by atoms with Gasteiger partial charge in [-0.1, -0.05) is 18.2 Å². The zero-order valence-corrected chi connectivity index (χ0v) is 15.0. The number of fused-ring (bicyclic) bond motifs is 1. The number of likely N-dealkylation sites (tertiary alicyclic amines) is 1. The average Bonchev–Trinajstić information content (AvgIpc) is 2.55. The summed E-state index contributed by atoms with van der Waals surface area (Å²) in [5, 5.41) is 4.34. The van der Waals surface area contributed by atoms with E-state index in [9.17, 15) is 4.79 Å². The monoisotopic (exact) mass is 355 g/mol. The van der Waals surface area contributed by atoms with Crippen molar-refractivity contribution in [3.8, 4) is 0 Å². The minimum atomic E-state index is 0. The summed E-state index contributed by atoms with van der Waals surface area (Å²) in [6.45, 7) is 3.63. The minimum absolute atomic E-state index is 0. The van der Waals surface area contributed by atoms with E-state index < -0.39 is 0 Å². The predicted molar refractivity (Wildman–Crippen MR) is 99.0 cm³/mol. The number of carbonyl (C=O) groups is 1. The van der Waals surface area contributed by atoms with Crippen LogP contribution in [0, 0.1) is 6.92 Å². The van der Waals surface area contributed by atoms with E-state index in [1.54, 1.807) is 6.20 Å². The van der Waals surface area contributed by atoms with Crippen LogP contribution < -0.4 is 5.32 Å². The molecule has 1 unspecified atom stereocenters. The second-order valence-corrected chi connectivity index (χ2v) is 5.69. The van der Waals surface area contributed by atoms with E-state index >= 15 is 0 Å². The van der Waals surface area contributed by atoms with Crippen LogP contribution >= 0.6 is 24.8 Å². The Morgan fingerprint density at radius 3 is 2.78 bits per heavy atom. The molecule has 2 heterocycles. The average molecular weight is 356 g/mol. The number of piperidine rings is 1. The quantitative estimate of drug-likeness (QED) is 0.899. The number of aryl methyl sites for hydroxylation is 1. The molecule has 1 aromatic heterocycles. The van der Waals surface area contributed by atoms with Gasteiger partial charge in [0.05, 0.1) is 11.1 Å². The number of nitrogens with zero attached hydrogens (tertiary/aromatic N) is 2. The molecule has 0 saturated carbocycles. The largest absolute Gasteiger partial charge is 0.337 e. The maximum atomic E-state index is 12.8. The Labute approximate surface area is 149 Å². The zero-order chi connectivity index (χ0) is 14.8. The van der Waals surface area contributed by atoms with Crippen LogP contribution in [0.5, 0.6) is 0 Å². The van der Waals surface area contributed by atoms with E-state index in [1.807, 2.05) is 43.1 Å². The first-order chi connectivity index (χ1) is 10.2. The highest BCUT2D eigenvalue weighted by molar-refractivity contribution is 6.00. The van der Waals surface area contributed by atoms with Gasteiger partial charge in [-0.05, 0) is 38.4 Å². The van der Waals surface area contributed by atoms with Crippen LogP contribution in [0.25, 0.3) is 10.9 Å². The maximum Gasteiger partial charge on any atom is 0.255 e. The Bertz CT molecular complexity index is 678. The number of hydrogen-bond acceptors (Lipinski definition) is 3. The summed E-state index contributed by atoms with van der Waals surface area (Å²) >= 11 is 0. The molecule has 1 atom stereocenters. The molecule has 6 heteroatoms. The van der Waals surface area contributed by atoms with E-state index in [0.717, 1.165) is 48.0 Å². The number of rotatable bonds is 2. The molecule has 1 aromatic carbocycles. The van der Waals surface area contributed by atoms with Crippen molar-refractivity contribution in [3.05, 3.63) is 41.6 Å². The van der Waals surface area contributed by atoms with Gasteiger partial charge in [0.1, 0.15) is 0 Å². The first kappa shape index (κ1) is 19.7. The number of aromatic nitrogens is 1. The molecule has 1 aliphatic rings. The molecular weight excluding hydrogens is 333 g/mol. The van der Waals surface area contributed by atoms with Gasteiger partial charge in [-0.15, -0.1) is 24.8 Å². The fraction of sp³-hybridized carbons (Fsp3) is 0.412. The molecule has 2 aromatic rings. The second kappa shape index (κ2) is 8.48. The molecule has 3 rings (SSSR count). The fourth-order valence-electron chi connectivity index (χ4n) is 3.06. The first-order valence-electron chi connectivity index (χ1n) is 7.51. The topological polar surface area (TPSA) is 45.2 Å². The lowest BCUT2D eigenvalue weighted by Crippen LogP contribution is -2.47. The van der Waals surface area contributed by atoms with Crippen molar-refractivity contribution < 1.29 is 4.79 Å². The number of halogens is 2. The fourth-order valence-corrected chi connectivity index (χ4v) is 3.06. The molecule has 4 nitrogen and oxygen atoms in total. The normalized spacial score (nSPS) is 17.3. The Hall–Kier alpha value is -1.36. The number of likely N-dealkylation sites (N-methyl/N-ethyl adjacent to an activating group) is 1. The predicted octanol–water partition coefficient (Wildman–Crippen LogP) is 3.21. The van der Waals surface area contributed by atoms with E-state index in [-0.39, 0.29) is 30.7 Å². The highest BCUT2D eigenvalue weighted by Crippen LogP contribution is 2.22. The van der Waals surface area contributed by atoms with Gasteiger partial charge in [-0.25, -0.2) is 0 Å². The van der Waals surface area contributed by atoms with E-state index in [4.69, 9.17) is 0 Å². The zero-order valence-electron chi connectivity index (χ0n) is 13.4. The van der Waals surface area contributed by atoms with Gasteiger partial charge in [0.2, 0.25) is 0 Å². The standard InChI is InChI=1S/C17H21N3O.2ClH/c1-12-14-7-3-4-8-16(14)19-10-15(12)17(21)20-9-5-6-13(11-20)18-2;;/h3-4,7-8,10,13,18H,5-6,9,11H2,1-2H3;2*1H. The van der Waals surface area contributed by atoms with E-state index in [0.29, 0.717) is 6.04 Å². The molecule has 0 spiro atoms. The lowest BCUT2D eigenvalue weighted by Gasteiger charge is -2.33. The molecule has 1 saturated heterocycles. The molecular formula is C17H23Cl2N3O. The Balaban J connectivity index is 0.00000132. The van der Waals surface area contributed by atoms with Crippen molar-refractivity contribution in [1.29, 1.82) is 0 Å². The molecule has 0 radical (unpaired) electrons. The van der Waals surface area contributed by atoms with Crippen LogP contribution in [0.4, 0.5) is 0 Å². The summed E-state index contributed by atoms with van der Waals surface area (Å²) in [4.78, 5) is 19.2. The Morgan fingerprint density at radius 1 is 1.30 bits per heavy atom. The van der Waals surface area contributed by atoms with Gasteiger partial charge >= 0.3 is 0 Å². The lowest BCUT2D eigenvalue weighted by molar-refractivity contribution is 0.0697. The summed E-state index contributed by atoms with van der Waals surface area (Å²) in [5.41, 5.74) is 2.70. The highest BCUT2D eigenvalue weighted by atomic mass is 35.5. The molecule has 1 fully saturated rings. The Kier molecular flexibility index (Phi) is 7.26. The SMILES string of the molecule is CNC1CCCN(C(=O)c2cnc3ccccc3c2C)C1.Cl.Cl. The van der Waals surface area contributed by atoms with E-state index in [2.05, 4.69) is 10.3 Å². The van der Waals surface area contributed by atoms with Crippen molar-refractivity contribution in [2.45, 2.75) is 25.8 Å². The van der Waals surface area contributed by atoms with Gasteiger partial charge in [-0.2, -0.15) is 0 Å². The minimum Gasteiger partial charge on any atom is -0.337 e. The van der Waals surface area contributed by atoms with Crippen LogP contribution in [-0.2, 0) is 0 Å². The van der Waals surface area contributed by atoms with Crippen LogP contribution in [0.15, 0.2) is 30.5 Å². The van der Waals surface area contributed by atoms with Crippen molar-refractivity contribution >= 4 is 41.6 Å². The van der Waals surface area contributed by atoms with Crippen LogP contribution in [0.1, 0.15) is 28.8 Å². The second-order valence-electron chi connectivity index (χ2n) is 5.69. The number of carbonyl (C=O) groups excluding carboxylic acids is 1. The maximum absolute atomic E-state index is 12.8. The number of nitrogens with one attached hydrogen (secondary N) is 1. The molecule has 0 bridgehead atoms. The summed E-state index contributed by atoms with van der Waals surface area (Å²) in [6.07, 6.45) is 3.91. The van der Waals surface area contributed by atoms with Crippen molar-refractivity contribution in [3.63, 3.8) is 0 Å². The summed E-state index contributed by atoms with van der Waals surface area (Å²) in [7, 11) is 1.96. The van der Waals surface area contributed by atoms with Crippen LogP contribution in [0.2, 0.25) is 0 Å². The van der Waals surface area contributed by atoms with Crippen molar-refractivity contribution in [1.82, 2.24) is 15.2 Å². The number of pyridine rings is 1. The third-order valence-corrected chi connectivity index (χ3v) is 4.39. The molecule has 126 valence electrons. The van der Waals surface area contributed by atoms with Gasteiger partial charge in [-0.3, -0.25) is 9.78 Å². The smallest absolute Gasteiger partial charge is 0.255 e.